The van der Waals surface area contributed by atoms with Crippen LogP contribution in [0.2, 0.25) is 0 Å². The number of aromatic amines is 1. The minimum absolute atomic E-state index is 0.539. The molecule has 0 aliphatic carbocycles. The fourth-order valence-corrected chi connectivity index (χ4v) is 3.42. The van der Waals surface area contributed by atoms with Crippen LogP contribution in [0.25, 0.3) is 16.9 Å². The van der Waals surface area contributed by atoms with Crippen molar-refractivity contribution in [3.63, 3.8) is 0 Å². The monoisotopic (exact) mass is 371 g/mol. The fraction of sp³-hybridized carbons (Fsp3) is 0.0952. The minimum atomic E-state index is 0.539. The number of thioether (sulfide) groups is 1. The summed E-state index contributed by atoms with van der Waals surface area (Å²) in [6, 6.07) is 20.3. The summed E-state index contributed by atoms with van der Waals surface area (Å²) in [5, 5.41) is 13.6. The van der Waals surface area contributed by atoms with Crippen LogP contribution < -0.4 is 0 Å². The molecule has 0 aliphatic heterocycles. The Labute approximate surface area is 161 Å². The van der Waals surface area contributed by atoms with Gasteiger partial charge in [-0.05, 0) is 18.7 Å². The molecule has 0 radical (unpaired) electrons. The molecule has 4 rings (SSSR count). The lowest BCUT2D eigenvalue weighted by Crippen LogP contribution is -1.87. The van der Waals surface area contributed by atoms with E-state index in [0.717, 1.165) is 21.8 Å². The number of hydrogen-bond acceptors (Lipinski definition) is 4. The smallest absolute Gasteiger partial charge is 0.180 e. The van der Waals surface area contributed by atoms with Gasteiger partial charge >= 0.3 is 0 Å². The number of hydrogen-bond donors (Lipinski definition) is 1. The van der Waals surface area contributed by atoms with E-state index in [1.165, 1.54) is 17.3 Å². The summed E-state index contributed by atoms with van der Waals surface area (Å²) >= 11 is 1.49. The zero-order valence-corrected chi connectivity index (χ0v) is 15.8. The SMILES string of the molecule is CSc1[nH]n2c(N=Cc3ccccc3)c(-c3ccc(C)cc3)nc2c1C#N. The van der Waals surface area contributed by atoms with Crippen LogP contribution in [0.1, 0.15) is 16.7 Å². The van der Waals surface area contributed by atoms with Gasteiger partial charge in [0.15, 0.2) is 11.5 Å². The highest BCUT2D eigenvalue weighted by Gasteiger charge is 2.20. The van der Waals surface area contributed by atoms with Crippen LogP contribution in [-0.4, -0.2) is 27.1 Å². The number of nitrogens with zero attached hydrogens (tertiary/aromatic N) is 4. The number of benzene rings is 2. The highest BCUT2D eigenvalue weighted by Crippen LogP contribution is 2.34. The van der Waals surface area contributed by atoms with Crippen molar-refractivity contribution in [3.05, 3.63) is 71.3 Å². The van der Waals surface area contributed by atoms with Crippen LogP contribution in [-0.2, 0) is 0 Å². The van der Waals surface area contributed by atoms with Crippen LogP contribution in [0.3, 0.4) is 0 Å². The lowest BCUT2D eigenvalue weighted by molar-refractivity contribution is 0.909. The average molecular weight is 371 g/mol. The van der Waals surface area contributed by atoms with Crippen molar-refractivity contribution in [2.45, 2.75) is 11.9 Å². The first-order valence-corrected chi connectivity index (χ1v) is 9.68. The maximum atomic E-state index is 9.58. The molecule has 2 aromatic carbocycles. The Morgan fingerprint density at radius 3 is 2.56 bits per heavy atom. The molecule has 6 heteroatoms. The fourth-order valence-electron chi connectivity index (χ4n) is 2.89. The zero-order valence-electron chi connectivity index (χ0n) is 15.0. The van der Waals surface area contributed by atoms with Gasteiger partial charge in [-0.25, -0.2) is 14.5 Å². The number of H-pyrrole nitrogens is 1. The lowest BCUT2D eigenvalue weighted by atomic mass is 10.1. The maximum absolute atomic E-state index is 9.58. The maximum Gasteiger partial charge on any atom is 0.180 e. The number of imidazole rings is 1. The van der Waals surface area contributed by atoms with E-state index in [9.17, 15) is 5.26 Å². The molecule has 0 atom stereocenters. The van der Waals surface area contributed by atoms with E-state index < -0.39 is 0 Å². The summed E-state index contributed by atoms with van der Waals surface area (Å²) in [5.41, 5.74) is 5.03. The van der Waals surface area contributed by atoms with E-state index in [4.69, 9.17) is 9.98 Å². The van der Waals surface area contributed by atoms with Crippen molar-refractivity contribution < 1.29 is 0 Å². The summed E-state index contributed by atoms with van der Waals surface area (Å²) < 4.78 is 1.79. The van der Waals surface area contributed by atoms with E-state index in [-0.39, 0.29) is 0 Å². The van der Waals surface area contributed by atoms with Gasteiger partial charge in [0.25, 0.3) is 0 Å². The molecule has 1 N–H and O–H groups in total. The topological polar surface area (TPSA) is 69.2 Å². The van der Waals surface area contributed by atoms with Crippen molar-refractivity contribution in [2.75, 3.05) is 6.26 Å². The highest BCUT2D eigenvalue weighted by atomic mass is 32.2. The number of fused-ring (bicyclic) bond motifs is 1. The number of nitrogens with one attached hydrogen (secondary N) is 1. The minimum Gasteiger partial charge on any atom is -0.283 e. The van der Waals surface area contributed by atoms with Gasteiger partial charge in [-0.2, -0.15) is 5.26 Å². The summed E-state index contributed by atoms with van der Waals surface area (Å²) in [5.74, 6) is 0.675. The molecule has 2 aromatic heterocycles. The Kier molecular flexibility index (Phi) is 4.53. The van der Waals surface area contributed by atoms with Gasteiger partial charge in [0, 0.05) is 11.8 Å². The quantitative estimate of drug-likeness (QED) is 0.406. The summed E-state index contributed by atoms with van der Waals surface area (Å²) in [6.45, 7) is 2.05. The van der Waals surface area contributed by atoms with E-state index in [0.29, 0.717) is 17.0 Å². The molecular formula is C21H17N5S. The van der Waals surface area contributed by atoms with Crippen molar-refractivity contribution >= 4 is 29.4 Å². The molecule has 4 aromatic rings. The van der Waals surface area contributed by atoms with Gasteiger partial charge in [0.05, 0.1) is 0 Å². The first-order valence-electron chi connectivity index (χ1n) is 8.46. The predicted molar refractivity (Wildman–Crippen MR) is 110 cm³/mol. The first-order chi connectivity index (χ1) is 13.2. The first kappa shape index (κ1) is 17.1. The standard InChI is InChI=1S/C21H17N5S/c1-14-8-10-16(11-9-14)18-20(23-13-15-6-4-3-5-7-15)26-19(24-18)17(12-22)21(25-26)27-2/h3-11,13,25H,1-2H3. The van der Waals surface area contributed by atoms with Crippen LogP contribution in [0, 0.1) is 18.3 Å². The van der Waals surface area contributed by atoms with Crippen molar-refractivity contribution in [1.29, 1.82) is 5.26 Å². The largest absolute Gasteiger partial charge is 0.283 e. The number of aryl methyl sites for hydroxylation is 1. The van der Waals surface area contributed by atoms with E-state index in [2.05, 4.69) is 11.2 Å². The second-order valence-electron chi connectivity index (χ2n) is 6.11. The molecule has 27 heavy (non-hydrogen) atoms. The molecule has 0 amide bonds. The predicted octanol–water partition coefficient (Wildman–Crippen LogP) is 4.98. The summed E-state index contributed by atoms with van der Waals surface area (Å²) in [7, 11) is 0. The molecule has 132 valence electrons. The van der Waals surface area contributed by atoms with Crippen LogP contribution in [0.5, 0.6) is 0 Å². The molecule has 0 bridgehead atoms. The third-order valence-electron chi connectivity index (χ3n) is 4.29. The molecule has 0 unspecified atom stereocenters. The van der Waals surface area contributed by atoms with Gasteiger partial charge in [0.1, 0.15) is 22.4 Å². The van der Waals surface area contributed by atoms with Crippen LogP contribution in [0.4, 0.5) is 5.82 Å². The highest BCUT2D eigenvalue weighted by molar-refractivity contribution is 7.98. The molecule has 0 aliphatic rings. The van der Waals surface area contributed by atoms with Gasteiger partial charge < -0.3 is 0 Å². The normalized spacial score (nSPS) is 11.3. The van der Waals surface area contributed by atoms with E-state index >= 15 is 0 Å². The van der Waals surface area contributed by atoms with Crippen molar-refractivity contribution in [2.24, 2.45) is 4.99 Å². The molecule has 0 saturated carbocycles. The molecule has 0 fully saturated rings. The van der Waals surface area contributed by atoms with Gasteiger partial charge in [-0.3, -0.25) is 5.10 Å². The van der Waals surface area contributed by atoms with Gasteiger partial charge in [-0.1, -0.05) is 60.2 Å². The average Bonchev–Trinajstić information content (AvgIpc) is 3.23. The number of rotatable bonds is 4. The Morgan fingerprint density at radius 1 is 1.15 bits per heavy atom. The Balaban J connectivity index is 1.93. The second kappa shape index (κ2) is 7.14. The van der Waals surface area contributed by atoms with Crippen molar-refractivity contribution in [1.82, 2.24) is 14.6 Å². The Hall–Kier alpha value is -3.30. The summed E-state index contributed by atoms with van der Waals surface area (Å²) in [6.07, 6.45) is 3.74. The third kappa shape index (κ3) is 3.14. The summed E-state index contributed by atoms with van der Waals surface area (Å²) in [4.78, 5) is 9.46. The number of aliphatic imine (C=N–C) groups is 1. The molecule has 5 nitrogen and oxygen atoms in total. The third-order valence-corrected chi connectivity index (χ3v) is 5.00. The van der Waals surface area contributed by atoms with E-state index in [1.54, 1.807) is 4.52 Å². The zero-order chi connectivity index (χ0) is 18.8. The number of nitriles is 1. The molecule has 0 saturated heterocycles. The second-order valence-corrected chi connectivity index (χ2v) is 6.93. The Morgan fingerprint density at radius 2 is 1.89 bits per heavy atom. The lowest BCUT2D eigenvalue weighted by Gasteiger charge is -2.01. The van der Waals surface area contributed by atoms with Crippen LogP contribution in [0.15, 0.2) is 64.6 Å². The van der Waals surface area contributed by atoms with Crippen molar-refractivity contribution in [3.8, 4) is 17.3 Å². The molecule has 2 heterocycles. The van der Waals surface area contributed by atoms with E-state index in [1.807, 2.05) is 74.0 Å². The Bertz CT molecular complexity index is 1160. The molecule has 0 spiro atoms. The van der Waals surface area contributed by atoms with Crippen LogP contribution >= 0.6 is 11.8 Å². The van der Waals surface area contributed by atoms with Gasteiger partial charge in [0.2, 0.25) is 0 Å². The number of aromatic nitrogens is 3. The van der Waals surface area contributed by atoms with Gasteiger partial charge in [-0.15, -0.1) is 11.8 Å². The molecular weight excluding hydrogens is 354 g/mol.